The van der Waals surface area contributed by atoms with Gasteiger partial charge in [0.05, 0.1) is 12.8 Å². The summed E-state index contributed by atoms with van der Waals surface area (Å²) >= 11 is 0. The van der Waals surface area contributed by atoms with E-state index in [1.807, 2.05) is 50.2 Å². The summed E-state index contributed by atoms with van der Waals surface area (Å²) in [6.45, 7) is 4.95. The lowest BCUT2D eigenvalue weighted by molar-refractivity contribution is 0.416. The Kier molecular flexibility index (Phi) is 4.23. The molecule has 2 N–H and O–H groups in total. The molecule has 2 aromatic rings. The second-order valence-electron chi connectivity index (χ2n) is 4.27. The Morgan fingerprint density at radius 2 is 1.95 bits per heavy atom. The molecule has 1 aromatic heterocycles. The van der Waals surface area contributed by atoms with Crippen LogP contribution in [0.5, 0.6) is 5.75 Å². The lowest BCUT2D eigenvalue weighted by atomic mass is 10.2. The first-order valence-electron chi connectivity index (χ1n) is 6.35. The molecule has 0 aliphatic rings. The molecule has 0 saturated carbocycles. The van der Waals surface area contributed by atoms with Crippen LogP contribution in [0, 0.1) is 6.92 Å². The molecule has 0 aliphatic heterocycles. The first-order valence-corrected chi connectivity index (χ1v) is 6.35. The van der Waals surface area contributed by atoms with E-state index in [1.165, 1.54) is 5.56 Å². The van der Waals surface area contributed by atoms with Gasteiger partial charge in [-0.15, -0.1) is 0 Å². The van der Waals surface area contributed by atoms with Gasteiger partial charge in [-0.2, -0.15) is 0 Å². The van der Waals surface area contributed by atoms with Gasteiger partial charge in [0, 0.05) is 6.54 Å². The minimum Gasteiger partial charge on any atom is -0.495 e. The van der Waals surface area contributed by atoms with Crippen molar-refractivity contribution in [1.82, 2.24) is 4.98 Å². The van der Waals surface area contributed by atoms with Gasteiger partial charge in [-0.1, -0.05) is 12.1 Å². The Morgan fingerprint density at radius 3 is 2.68 bits per heavy atom. The predicted molar refractivity (Wildman–Crippen MR) is 79.4 cm³/mol. The van der Waals surface area contributed by atoms with E-state index in [2.05, 4.69) is 15.6 Å². The number of nitrogens with one attached hydrogen (secondary N) is 2. The van der Waals surface area contributed by atoms with E-state index < -0.39 is 0 Å². The standard InChI is InChI=1S/C15H19N3O/c1-4-16-14-6-5-7-15(18-14)17-12-10-11(2)8-9-13(12)19-3/h5-10H,4H2,1-3H3,(H2,16,17,18). The summed E-state index contributed by atoms with van der Waals surface area (Å²) in [4.78, 5) is 4.49. The fraction of sp³-hybridized carbons (Fsp3) is 0.267. The Bertz CT molecular complexity index is 555. The largest absolute Gasteiger partial charge is 0.495 e. The average Bonchev–Trinajstić information content (AvgIpc) is 2.40. The summed E-state index contributed by atoms with van der Waals surface area (Å²) in [6, 6.07) is 11.9. The van der Waals surface area contributed by atoms with Crippen molar-refractivity contribution in [2.45, 2.75) is 13.8 Å². The molecule has 2 rings (SSSR count). The lowest BCUT2D eigenvalue weighted by Crippen LogP contribution is -2.02. The summed E-state index contributed by atoms with van der Waals surface area (Å²) in [7, 11) is 1.67. The second-order valence-corrected chi connectivity index (χ2v) is 4.27. The number of benzene rings is 1. The molecule has 0 fully saturated rings. The number of methoxy groups -OCH3 is 1. The summed E-state index contributed by atoms with van der Waals surface area (Å²) in [5.74, 6) is 2.46. The fourth-order valence-corrected chi connectivity index (χ4v) is 1.84. The van der Waals surface area contributed by atoms with Crippen molar-refractivity contribution in [1.29, 1.82) is 0 Å². The first kappa shape index (κ1) is 13.2. The van der Waals surface area contributed by atoms with Gasteiger partial charge in [0.1, 0.15) is 17.4 Å². The summed E-state index contributed by atoms with van der Waals surface area (Å²) in [5, 5.41) is 6.48. The van der Waals surface area contributed by atoms with E-state index in [0.29, 0.717) is 0 Å². The highest BCUT2D eigenvalue weighted by molar-refractivity contribution is 5.65. The summed E-state index contributed by atoms with van der Waals surface area (Å²) < 4.78 is 5.34. The Hall–Kier alpha value is -2.23. The lowest BCUT2D eigenvalue weighted by Gasteiger charge is -2.12. The van der Waals surface area contributed by atoms with Crippen LogP contribution >= 0.6 is 0 Å². The Labute approximate surface area is 113 Å². The van der Waals surface area contributed by atoms with Gasteiger partial charge in [0.15, 0.2) is 0 Å². The van der Waals surface area contributed by atoms with Crippen LogP contribution in [0.15, 0.2) is 36.4 Å². The van der Waals surface area contributed by atoms with Gasteiger partial charge in [0.25, 0.3) is 0 Å². The maximum atomic E-state index is 5.34. The van der Waals surface area contributed by atoms with Crippen LogP contribution in [-0.4, -0.2) is 18.6 Å². The Balaban J connectivity index is 2.25. The molecule has 4 heteroatoms. The molecule has 0 atom stereocenters. The smallest absolute Gasteiger partial charge is 0.142 e. The van der Waals surface area contributed by atoms with Crippen LogP contribution in [-0.2, 0) is 0 Å². The molecule has 0 spiro atoms. The molecular weight excluding hydrogens is 238 g/mol. The zero-order valence-corrected chi connectivity index (χ0v) is 11.5. The maximum Gasteiger partial charge on any atom is 0.142 e. The molecule has 0 aliphatic carbocycles. The third-order valence-electron chi connectivity index (χ3n) is 2.72. The highest BCUT2D eigenvalue weighted by Crippen LogP contribution is 2.28. The molecule has 1 heterocycles. The fourth-order valence-electron chi connectivity index (χ4n) is 1.84. The molecule has 4 nitrogen and oxygen atoms in total. The van der Waals surface area contributed by atoms with E-state index in [-0.39, 0.29) is 0 Å². The van der Waals surface area contributed by atoms with Crippen LogP contribution in [0.1, 0.15) is 12.5 Å². The maximum absolute atomic E-state index is 5.34. The van der Waals surface area contributed by atoms with E-state index >= 15 is 0 Å². The molecule has 0 saturated heterocycles. The van der Waals surface area contributed by atoms with Gasteiger partial charge >= 0.3 is 0 Å². The number of hydrogen-bond acceptors (Lipinski definition) is 4. The van der Waals surface area contributed by atoms with Crippen LogP contribution in [0.4, 0.5) is 17.3 Å². The predicted octanol–water partition coefficient (Wildman–Crippen LogP) is 3.57. The van der Waals surface area contributed by atoms with E-state index in [4.69, 9.17) is 4.74 Å². The number of pyridine rings is 1. The zero-order chi connectivity index (χ0) is 13.7. The molecule has 0 amide bonds. The van der Waals surface area contributed by atoms with Gasteiger partial charge < -0.3 is 15.4 Å². The van der Waals surface area contributed by atoms with Crippen LogP contribution < -0.4 is 15.4 Å². The SMILES string of the molecule is CCNc1cccc(Nc2cc(C)ccc2OC)n1. The van der Waals surface area contributed by atoms with Crippen molar-refractivity contribution in [3.8, 4) is 5.75 Å². The molecule has 1 aromatic carbocycles. The first-order chi connectivity index (χ1) is 9.22. The number of aryl methyl sites for hydroxylation is 1. The number of aromatic nitrogens is 1. The monoisotopic (exact) mass is 257 g/mol. The van der Waals surface area contributed by atoms with Crippen LogP contribution in [0.3, 0.4) is 0 Å². The van der Waals surface area contributed by atoms with Crippen molar-refractivity contribution < 1.29 is 4.74 Å². The van der Waals surface area contributed by atoms with Gasteiger partial charge in [-0.25, -0.2) is 4.98 Å². The topological polar surface area (TPSA) is 46.2 Å². The van der Waals surface area contributed by atoms with E-state index in [0.717, 1.165) is 29.6 Å². The number of hydrogen-bond donors (Lipinski definition) is 2. The summed E-state index contributed by atoms with van der Waals surface area (Å²) in [5.41, 5.74) is 2.09. The Morgan fingerprint density at radius 1 is 1.16 bits per heavy atom. The van der Waals surface area contributed by atoms with Crippen molar-refractivity contribution in [2.24, 2.45) is 0 Å². The highest BCUT2D eigenvalue weighted by atomic mass is 16.5. The molecule has 100 valence electrons. The van der Waals surface area contributed by atoms with Crippen LogP contribution in [0.25, 0.3) is 0 Å². The molecular formula is C15H19N3O. The van der Waals surface area contributed by atoms with Crippen molar-refractivity contribution in [2.75, 3.05) is 24.3 Å². The van der Waals surface area contributed by atoms with Gasteiger partial charge in [-0.3, -0.25) is 0 Å². The number of ether oxygens (including phenoxy) is 1. The van der Waals surface area contributed by atoms with Gasteiger partial charge in [0.2, 0.25) is 0 Å². The number of nitrogens with zero attached hydrogens (tertiary/aromatic N) is 1. The van der Waals surface area contributed by atoms with E-state index in [1.54, 1.807) is 7.11 Å². The quantitative estimate of drug-likeness (QED) is 0.859. The number of rotatable bonds is 5. The zero-order valence-electron chi connectivity index (χ0n) is 11.5. The van der Waals surface area contributed by atoms with Crippen molar-refractivity contribution in [3.63, 3.8) is 0 Å². The van der Waals surface area contributed by atoms with Crippen molar-refractivity contribution >= 4 is 17.3 Å². The second kappa shape index (κ2) is 6.09. The molecule has 0 bridgehead atoms. The summed E-state index contributed by atoms with van der Waals surface area (Å²) in [6.07, 6.45) is 0. The van der Waals surface area contributed by atoms with Crippen LogP contribution in [0.2, 0.25) is 0 Å². The third-order valence-corrected chi connectivity index (χ3v) is 2.72. The molecule has 0 radical (unpaired) electrons. The third kappa shape index (κ3) is 3.37. The minimum absolute atomic E-state index is 0.794. The molecule has 19 heavy (non-hydrogen) atoms. The van der Waals surface area contributed by atoms with E-state index in [9.17, 15) is 0 Å². The normalized spacial score (nSPS) is 10.1. The minimum atomic E-state index is 0.794. The number of anilines is 3. The average molecular weight is 257 g/mol. The van der Waals surface area contributed by atoms with Gasteiger partial charge in [-0.05, 0) is 43.7 Å². The highest BCUT2D eigenvalue weighted by Gasteiger charge is 2.04. The van der Waals surface area contributed by atoms with Crippen molar-refractivity contribution in [3.05, 3.63) is 42.0 Å². The molecule has 0 unspecified atom stereocenters.